The van der Waals surface area contributed by atoms with E-state index in [-0.39, 0.29) is 6.10 Å². The van der Waals surface area contributed by atoms with E-state index in [4.69, 9.17) is 0 Å². The van der Waals surface area contributed by atoms with Crippen molar-refractivity contribution in [1.82, 2.24) is 9.78 Å². The molecule has 0 spiro atoms. The highest BCUT2D eigenvalue weighted by Crippen LogP contribution is 2.13. The summed E-state index contributed by atoms with van der Waals surface area (Å²) >= 11 is 3.39. The van der Waals surface area contributed by atoms with Crippen LogP contribution in [-0.2, 0) is 19.9 Å². The summed E-state index contributed by atoms with van der Waals surface area (Å²) < 4.78 is 2.81. The van der Waals surface area contributed by atoms with E-state index >= 15 is 0 Å². The first kappa shape index (κ1) is 12.3. The van der Waals surface area contributed by atoms with Gasteiger partial charge in [0.05, 0.1) is 11.8 Å². The average molecular weight is 295 g/mol. The SMILES string of the molecule is Cn1ccc(CC(O)Cc2ccc(Br)cc2)n1. The molecule has 0 aliphatic rings. The van der Waals surface area contributed by atoms with Gasteiger partial charge in [-0.3, -0.25) is 4.68 Å². The zero-order valence-electron chi connectivity index (χ0n) is 9.68. The lowest BCUT2D eigenvalue weighted by atomic mass is 10.0. The molecule has 3 nitrogen and oxygen atoms in total. The van der Waals surface area contributed by atoms with Crippen molar-refractivity contribution in [3.63, 3.8) is 0 Å². The third-order valence-electron chi connectivity index (χ3n) is 2.60. The summed E-state index contributed by atoms with van der Waals surface area (Å²) in [6.07, 6.45) is 2.76. The zero-order valence-corrected chi connectivity index (χ0v) is 11.3. The normalized spacial score (nSPS) is 12.6. The van der Waals surface area contributed by atoms with Gasteiger partial charge in [-0.2, -0.15) is 5.10 Å². The predicted molar refractivity (Wildman–Crippen MR) is 70.8 cm³/mol. The molecule has 1 aromatic heterocycles. The summed E-state index contributed by atoms with van der Waals surface area (Å²) in [6, 6.07) is 9.95. The average Bonchev–Trinajstić information content (AvgIpc) is 2.67. The molecule has 2 aromatic rings. The quantitative estimate of drug-likeness (QED) is 0.940. The number of hydrogen-bond acceptors (Lipinski definition) is 2. The number of aliphatic hydroxyl groups is 1. The van der Waals surface area contributed by atoms with Gasteiger partial charge < -0.3 is 5.11 Å². The van der Waals surface area contributed by atoms with Crippen molar-refractivity contribution in [2.45, 2.75) is 18.9 Å². The smallest absolute Gasteiger partial charge is 0.0650 e. The Hall–Kier alpha value is -1.13. The molecule has 1 unspecified atom stereocenters. The summed E-state index contributed by atoms with van der Waals surface area (Å²) in [7, 11) is 1.88. The molecule has 0 amide bonds. The molecule has 0 saturated carbocycles. The lowest BCUT2D eigenvalue weighted by Gasteiger charge is -2.09. The Morgan fingerprint density at radius 2 is 1.94 bits per heavy atom. The van der Waals surface area contributed by atoms with Crippen LogP contribution in [0.25, 0.3) is 0 Å². The summed E-state index contributed by atoms with van der Waals surface area (Å²) in [5, 5.41) is 14.2. The van der Waals surface area contributed by atoms with Crippen LogP contribution in [0.4, 0.5) is 0 Å². The molecule has 1 aromatic carbocycles. The minimum atomic E-state index is -0.383. The van der Waals surface area contributed by atoms with Gasteiger partial charge in [-0.25, -0.2) is 0 Å². The maximum atomic E-state index is 9.97. The van der Waals surface area contributed by atoms with E-state index in [2.05, 4.69) is 21.0 Å². The van der Waals surface area contributed by atoms with Gasteiger partial charge in [0, 0.05) is 24.1 Å². The van der Waals surface area contributed by atoms with Crippen LogP contribution in [0.1, 0.15) is 11.3 Å². The van der Waals surface area contributed by atoms with Crippen molar-refractivity contribution >= 4 is 15.9 Å². The molecule has 0 aliphatic carbocycles. The van der Waals surface area contributed by atoms with Crippen LogP contribution in [0.3, 0.4) is 0 Å². The number of halogens is 1. The number of aliphatic hydroxyl groups excluding tert-OH is 1. The number of aromatic nitrogens is 2. The Morgan fingerprint density at radius 3 is 2.53 bits per heavy atom. The standard InChI is InChI=1S/C13H15BrN2O/c1-16-7-6-12(15-16)9-13(17)8-10-2-4-11(14)5-3-10/h2-7,13,17H,8-9H2,1H3. The highest BCUT2D eigenvalue weighted by molar-refractivity contribution is 9.10. The Kier molecular flexibility index (Phi) is 3.97. The van der Waals surface area contributed by atoms with Crippen molar-refractivity contribution < 1.29 is 5.11 Å². The van der Waals surface area contributed by atoms with Crippen LogP contribution in [-0.4, -0.2) is 21.0 Å². The van der Waals surface area contributed by atoms with Gasteiger partial charge in [0.2, 0.25) is 0 Å². The van der Waals surface area contributed by atoms with Gasteiger partial charge in [-0.1, -0.05) is 28.1 Å². The van der Waals surface area contributed by atoms with Crippen LogP contribution >= 0.6 is 15.9 Å². The van der Waals surface area contributed by atoms with Gasteiger partial charge in [-0.15, -0.1) is 0 Å². The van der Waals surface area contributed by atoms with Crippen LogP contribution in [0.15, 0.2) is 41.0 Å². The summed E-state index contributed by atoms with van der Waals surface area (Å²) in [6.45, 7) is 0. The fourth-order valence-corrected chi connectivity index (χ4v) is 2.04. The zero-order chi connectivity index (χ0) is 12.3. The first-order valence-electron chi connectivity index (χ1n) is 5.54. The van der Waals surface area contributed by atoms with Crippen molar-refractivity contribution in [2.24, 2.45) is 7.05 Å². The lowest BCUT2D eigenvalue weighted by molar-refractivity contribution is 0.174. The number of benzene rings is 1. The second kappa shape index (κ2) is 5.47. The lowest BCUT2D eigenvalue weighted by Crippen LogP contribution is -2.14. The summed E-state index contributed by atoms with van der Waals surface area (Å²) in [5.41, 5.74) is 2.06. The minimum absolute atomic E-state index is 0.383. The van der Waals surface area contributed by atoms with E-state index in [1.807, 2.05) is 43.6 Å². The molecule has 0 radical (unpaired) electrons. The molecule has 0 fully saturated rings. The van der Waals surface area contributed by atoms with E-state index in [1.54, 1.807) is 4.68 Å². The van der Waals surface area contributed by atoms with E-state index in [0.29, 0.717) is 12.8 Å². The van der Waals surface area contributed by atoms with Gasteiger partial charge >= 0.3 is 0 Å². The number of aryl methyl sites for hydroxylation is 1. The largest absolute Gasteiger partial charge is 0.392 e. The van der Waals surface area contributed by atoms with Crippen LogP contribution in [0.2, 0.25) is 0 Å². The van der Waals surface area contributed by atoms with Crippen molar-refractivity contribution in [3.8, 4) is 0 Å². The Bertz CT molecular complexity index is 478. The highest BCUT2D eigenvalue weighted by Gasteiger charge is 2.08. The first-order chi connectivity index (χ1) is 8.13. The Morgan fingerprint density at radius 1 is 1.24 bits per heavy atom. The number of hydrogen-bond donors (Lipinski definition) is 1. The molecular formula is C13H15BrN2O. The van der Waals surface area contributed by atoms with E-state index in [0.717, 1.165) is 15.7 Å². The van der Waals surface area contributed by atoms with Gasteiger partial charge in [0.15, 0.2) is 0 Å². The van der Waals surface area contributed by atoms with Crippen molar-refractivity contribution in [1.29, 1.82) is 0 Å². The fourth-order valence-electron chi connectivity index (χ4n) is 1.78. The monoisotopic (exact) mass is 294 g/mol. The molecule has 0 bridgehead atoms. The second-order valence-corrected chi connectivity index (χ2v) is 5.08. The van der Waals surface area contributed by atoms with E-state index in [9.17, 15) is 5.11 Å². The number of rotatable bonds is 4. The van der Waals surface area contributed by atoms with Crippen molar-refractivity contribution in [2.75, 3.05) is 0 Å². The van der Waals surface area contributed by atoms with E-state index in [1.165, 1.54) is 0 Å². The van der Waals surface area contributed by atoms with Crippen LogP contribution < -0.4 is 0 Å². The Balaban J connectivity index is 1.93. The molecular weight excluding hydrogens is 280 g/mol. The molecule has 1 atom stereocenters. The minimum Gasteiger partial charge on any atom is -0.392 e. The van der Waals surface area contributed by atoms with Crippen LogP contribution in [0, 0.1) is 0 Å². The molecule has 1 heterocycles. The van der Waals surface area contributed by atoms with Gasteiger partial charge in [0.1, 0.15) is 0 Å². The summed E-state index contributed by atoms with van der Waals surface area (Å²) in [5.74, 6) is 0. The summed E-state index contributed by atoms with van der Waals surface area (Å²) in [4.78, 5) is 0. The number of nitrogens with zero attached hydrogens (tertiary/aromatic N) is 2. The maximum Gasteiger partial charge on any atom is 0.0650 e. The first-order valence-corrected chi connectivity index (χ1v) is 6.34. The maximum absolute atomic E-state index is 9.97. The third kappa shape index (κ3) is 3.68. The van der Waals surface area contributed by atoms with Gasteiger partial charge in [-0.05, 0) is 30.2 Å². The molecule has 4 heteroatoms. The molecule has 2 rings (SSSR count). The van der Waals surface area contributed by atoms with Gasteiger partial charge in [0.25, 0.3) is 0 Å². The predicted octanol–water partition coefficient (Wildman–Crippen LogP) is 2.33. The van der Waals surface area contributed by atoms with Crippen molar-refractivity contribution in [3.05, 3.63) is 52.3 Å². The molecule has 90 valence electrons. The van der Waals surface area contributed by atoms with Crippen LogP contribution in [0.5, 0.6) is 0 Å². The second-order valence-electron chi connectivity index (χ2n) is 4.17. The highest BCUT2D eigenvalue weighted by atomic mass is 79.9. The molecule has 0 aliphatic heterocycles. The molecule has 0 saturated heterocycles. The topological polar surface area (TPSA) is 38.0 Å². The third-order valence-corrected chi connectivity index (χ3v) is 3.13. The Labute approximate surface area is 109 Å². The van der Waals surface area contributed by atoms with E-state index < -0.39 is 0 Å². The molecule has 1 N–H and O–H groups in total. The molecule has 17 heavy (non-hydrogen) atoms. The fraction of sp³-hybridized carbons (Fsp3) is 0.308.